The molecule has 0 fully saturated rings. The third-order valence-corrected chi connectivity index (χ3v) is 4.60. The smallest absolute Gasteiger partial charge is 0.260 e. The minimum absolute atomic E-state index is 0.0930. The van der Waals surface area contributed by atoms with E-state index in [1.807, 2.05) is 42.5 Å². The quantitative estimate of drug-likeness (QED) is 0.648. The highest BCUT2D eigenvalue weighted by atomic mass is 16.5. The van der Waals surface area contributed by atoms with Gasteiger partial charge in [-0.15, -0.1) is 0 Å². The standard InChI is InChI=1S/C24H33NO3/c1-17(2)21-9-7-8-10-22(21)27-16-15-25-23(26)18(3)28-20-13-11-19(12-14-20)24(4,5)6/h7-14,17-18H,15-16H2,1-6H3,(H,25,26)/t18-/m0/s1. The Balaban J connectivity index is 1.78. The molecule has 0 saturated heterocycles. The Morgan fingerprint density at radius 2 is 1.64 bits per heavy atom. The van der Waals surface area contributed by atoms with Gasteiger partial charge < -0.3 is 14.8 Å². The van der Waals surface area contributed by atoms with Crippen LogP contribution in [-0.2, 0) is 10.2 Å². The van der Waals surface area contributed by atoms with Crippen LogP contribution in [-0.4, -0.2) is 25.2 Å². The van der Waals surface area contributed by atoms with Gasteiger partial charge in [-0.3, -0.25) is 4.79 Å². The minimum Gasteiger partial charge on any atom is -0.491 e. The van der Waals surface area contributed by atoms with Crippen LogP contribution in [0.2, 0.25) is 0 Å². The van der Waals surface area contributed by atoms with E-state index in [1.54, 1.807) is 6.92 Å². The zero-order valence-corrected chi connectivity index (χ0v) is 17.9. The SMILES string of the molecule is CC(C)c1ccccc1OCCNC(=O)[C@H](C)Oc1ccc(C(C)(C)C)cc1. The third kappa shape index (κ3) is 6.29. The minimum atomic E-state index is -0.566. The van der Waals surface area contributed by atoms with E-state index < -0.39 is 6.10 Å². The summed E-state index contributed by atoms with van der Waals surface area (Å²) in [5.41, 5.74) is 2.50. The zero-order chi connectivity index (χ0) is 20.7. The molecular formula is C24H33NO3. The van der Waals surface area contributed by atoms with Crippen molar-refractivity contribution in [1.82, 2.24) is 5.32 Å². The average Bonchev–Trinajstić information content (AvgIpc) is 2.65. The fourth-order valence-corrected chi connectivity index (χ4v) is 2.86. The number of para-hydroxylation sites is 1. The highest BCUT2D eigenvalue weighted by Crippen LogP contribution is 2.26. The summed E-state index contributed by atoms with van der Waals surface area (Å²) in [7, 11) is 0. The summed E-state index contributed by atoms with van der Waals surface area (Å²) >= 11 is 0. The maximum absolute atomic E-state index is 12.3. The van der Waals surface area contributed by atoms with Crippen LogP contribution in [0.1, 0.15) is 58.6 Å². The van der Waals surface area contributed by atoms with Crippen LogP contribution in [0.25, 0.3) is 0 Å². The second-order valence-corrected chi connectivity index (χ2v) is 8.37. The lowest BCUT2D eigenvalue weighted by Crippen LogP contribution is -2.38. The van der Waals surface area contributed by atoms with Gasteiger partial charge in [-0.2, -0.15) is 0 Å². The van der Waals surface area contributed by atoms with Crippen molar-refractivity contribution in [2.45, 2.75) is 59.0 Å². The molecule has 2 rings (SSSR count). The zero-order valence-electron chi connectivity index (χ0n) is 17.9. The van der Waals surface area contributed by atoms with Crippen LogP contribution in [0.15, 0.2) is 48.5 Å². The molecule has 4 nitrogen and oxygen atoms in total. The predicted octanol–water partition coefficient (Wildman–Crippen LogP) is 5.07. The van der Waals surface area contributed by atoms with Gasteiger partial charge in [0.15, 0.2) is 6.10 Å². The molecule has 0 saturated carbocycles. The van der Waals surface area contributed by atoms with Gasteiger partial charge in [0.2, 0.25) is 0 Å². The lowest BCUT2D eigenvalue weighted by atomic mass is 9.87. The molecule has 2 aromatic rings. The van der Waals surface area contributed by atoms with E-state index in [0.29, 0.717) is 24.8 Å². The Labute approximate surface area is 169 Å². The van der Waals surface area contributed by atoms with Gasteiger partial charge in [-0.05, 0) is 47.6 Å². The number of hydrogen-bond donors (Lipinski definition) is 1. The Kier molecular flexibility index (Phi) is 7.50. The summed E-state index contributed by atoms with van der Waals surface area (Å²) in [6, 6.07) is 15.9. The van der Waals surface area contributed by atoms with Gasteiger partial charge in [0.25, 0.3) is 5.91 Å². The second-order valence-electron chi connectivity index (χ2n) is 8.37. The van der Waals surface area contributed by atoms with Crippen molar-refractivity contribution in [3.63, 3.8) is 0 Å². The topological polar surface area (TPSA) is 47.6 Å². The first-order valence-electron chi connectivity index (χ1n) is 9.95. The lowest BCUT2D eigenvalue weighted by molar-refractivity contribution is -0.127. The number of carbonyl (C=O) groups excluding carboxylic acids is 1. The summed E-state index contributed by atoms with van der Waals surface area (Å²) in [5, 5.41) is 2.87. The van der Waals surface area contributed by atoms with E-state index >= 15 is 0 Å². The van der Waals surface area contributed by atoms with Crippen LogP contribution in [0.3, 0.4) is 0 Å². The fourth-order valence-electron chi connectivity index (χ4n) is 2.86. The summed E-state index contributed by atoms with van der Waals surface area (Å²) in [6.07, 6.45) is -0.566. The molecular weight excluding hydrogens is 350 g/mol. The van der Waals surface area contributed by atoms with Gasteiger partial charge in [-0.1, -0.05) is 65.0 Å². The van der Waals surface area contributed by atoms with Crippen molar-refractivity contribution >= 4 is 5.91 Å². The third-order valence-electron chi connectivity index (χ3n) is 4.60. The number of hydrogen-bond acceptors (Lipinski definition) is 3. The second kappa shape index (κ2) is 9.63. The van der Waals surface area contributed by atoms with Gasteiger partial charge in [0.1, 0.15) is 18.1 Å². The molecule has 4 heteroatoms. The van der Waals surface area contributed by atoms with E-state index in [2.05, 4.69) is 46.0 Å². The fraction of sp³-hybridized carbons (Fsp3) is 0.458. The van der Waals surface area contributed by atoms with E-state index in [9.17, 15) is 4.79 Å². The maximum Gasteiger partial charge on any atom is 0.260 e. The maximum atomic E-state index is 12.3. The lowest BCUT2D eigenvalue weighted by Gasteiger charge is -2.20. The van der Waals surface area contributed by atoms with Crippen LogP contribution < -0.4 is 14.8 Å². The van der Waals surface area contributed by atoms with Crippen LogP contribution >= 0.6 is 0 Å². The Morgan fingerprint density at radius 1 is 1.00 bits per heavy atom. The molecule has 0 spiro atoms. The van der Waals surface area contributed by atoms with E-state index in [1.165, 1.54) is 11.1 Å². The van der Waals surface area contributed by atoms with Crippen molar-refractivity contribution in [1.29, 1.82) is 0 Å². The predicted molar refractivity (Wildman–Crippen MR) is 114 cm³/mol. The Bertz CT molecular complexity index is 760. The van der Waals surface area contributed by atoms with Crippen LogP contribution in [0.4, 0.5) is 0 Å². The number of benzene rings is 2. The highest BCUT2D eigenvalue weighted by Gasteiger charge is 2.16. The van der Waals surface area contributed by atoms with E-state index in [-0.39, 0.29) is 11.3 Å². The molecule has 1 N–H and O–H groups in total. The van der Waals surface area contributed by atoms with Crippen molar-refractivity contribution in [2.75, 3.05) is 13.2 Å². The van der Waals surface area contributed by atoms with Crippen molar-refractivity contribution in [3.05, 3.63) is 59.7 Å². The molecule has 0 bridgehead atoms. The first-order chi connectivity index (χ1) is 13.2. The molecule has 0 unspecified atom stereocenters. The summed E-state index contributed by atoms with van der Waals surface area (Å²) in [5.74, 6) is 1.80. The monoisotopic (exact) mass is 383 g/mol. The van der Waals surface area contributed by atoms with E-state index in [4.69, 9.17) is 9.47 Å². The first kappa shape index (κ1) is 21.8. The summed E-state index contributed by atoms with van der Waals surface area (Å²) in [6.45, 7) is 13.4. The molecule has 0 heterocycles. The van der Waals surface area contributed by atoms with Gasteiger partial charge >= 0.3 is 0 Å². The summed E-state index contributed by atoms with van der Waals surface area (Å²) in [4.78, 5) is 12.3. The van der Waals surface area contributed by atoms with Crippen molar-refractivity contribution in [3.8, 4) is 11.5 Å². The number of carbonyl (C=O) groups is 1. The average molecular weight is 384 g/mol. The molecule has 0 aliphatic rings. The van der Waals surface area contributed by atoms with Gasteiger partial charge in [0, 0.05) is 0 Å². The molecule has 2 aromatic carbocycles. The molecule has 0 aliphatic heterocycles. The molecule has 0 aliphatic carbocycles. The highest BCUT2D eigenvalue weighted by molar-refractivity contribution is 5.80. The summed E-state index contributed by atoms with van der Waals surface area (Å²) < 4.78 is 11.6. The number of rotatable bonds is 8. The number of amides is 1. The van der Waals surface area contributed by atoms with Crippen LogP contribution in [0, 0.1) is 0 Å². The normalized spacial score (nSPS) is 12.5. The van der Waals surface area contributed by atoms with Gasteiger partial charge in [0.05, 0.1) is 6.54 Å². The molecule has 152 valence electrons. The van der Waals surface area contributed by atoms with Crippen molar-refractivity contribution < 1.29 is 14.3 Å². The first-order valence-corrected chi connectivity index (χ1v) is 9.95. The number of nitrogens with one attached hydrogen (secondary N) is 1. The molecule has 1 amide bonds. The Morgan fingerprint density at radius 3 is 2.25 bits per heavy atom. The Hall–Kier alpha value is -2.49. The van der Waals surface area contributed by atoms with Gasteiger partial charge in [-0.25, -0.2) is 0 Å². The van der Waals surface area contributed by atoms with E-state index in [0.717, 1.165) is 5.75 Å². The molecule has 0 aromatic heterocycles. The largest absolute Gasteiger partial charge is 0.491 e. The molecule has 28 heavy (non-hydrogen) atoms. The van der Waals surface area contributed by atoms with Crippen molar-refractivity contribution in [2.24, 2.45) is 0 Å². The van der Waals surface area contributed by atoms with Crippen LogP contribution in [0.5, 0.6) is 11.5 Å². The number of ether oxygens (including phenoxy) is 2. The molecule has 0 radical (unpaired) electrons. The molecule has 1 atom stereocenters.